The quantitative estimate of drug-likeness (QED) is 0.573. The second-order valence-electron chi connectivity index (χ2n) is 4.40. The van der Waals surface area contributed by atoms with Gasteiger partial charge in [-0.25, -0.2) is 4.98 Å². The van der Waals surface area contributed by atoms with Crippen molar-refractivity contribution in [3.63, 3.8) is 0 Å². The van der Waals surface area contributed by atoms with Crippen molar-refractivity contribution in [3.8, 4) is 11.6 Å². The lowest BCUT2D eigenvalue weighted by Gasteiger charge is -2.12. The van der Waals surface area contributed by atoms with Crippen LogP contribution < -0.4 is 10.5 Å². The number of benzene rings is 1. The third kappa shape index (κ3) is 3.13. The molecular formula is C15H17N3O2. The number of aromatic nitrogens is 1. The molecule has 104 valence electrons. The molecule has 0 aliphatic heterocycles. The minimum Gasteiger partial charge on any atom is -0.438 e. The summed E-state index contributed by atoms with van der Waals surface area (Å²) >= 11 is 0. The Labute approximate surface area is 117 Å². The molecule has 5 nitrogen and oxygen atoms in total. The van der Waals surface area contributed by atoms with Gasteiger partial charge in [0.05, 0.1) is 5.56 Å². The molecule has 0 bridgehead atoms. The SMILES string of the molecule is Cc1ccc(C(=N)N)c(Oc2ccccc2CCO)n1. The average molecular weight is 271 g/mol. The summed E-state index contributed by atoms with van der Waals surface area (Å²) in [5.41, 5.74) is 7.66. The number of nitrogen functional groups attached to an aromatic ring is 1. The smallest absolute Gasteiger partial charge is 0.230 e. The first-order chi connectivity index (χ1) is 9.61. The van der Waals surface area contributed by atoms with Crippen LogP contribution in [-0.4, -0.2) is 22.5 Å². The van der Waals surface area contributed by atoms with E-state index in [4.69, 9.17) is 21.0 Å². The normalized spacial score (nSPS) is 10.3. The molecule has 5 heteroatoms. The number of ether oxygens (including phenoxy) is 1. The third-order valence-electron chi connectivity index (χ3n) is 2.85. The second-order valence-corrected chi connectivity index (χ2v) is 4.40. The largest absolute Gasteiger partial charge is 0.438 e. The molecule has 0 aliphatic rings. The molecule has 0 aliphatic carbocycles. The van der Waals surface area contributed by atoms with Gasteiger partial charge in [-0.2, -0.15) is 0 Å². The summed E-state index contributed by atoms with van der Waals surface area (Å²) in [5, 5.41) is 16.6. The fourth-order valence-corrected chi connectivity index (χ4v) is 1.85. The number of hydrogen-bond donors (Lipinski definition) is 3. The highest BCUT2D eigenvalue weighted by atomic mass is 16.5. The first kappa shape index (κ1) is 14.0. The van der Waals surface area contributed by atoms with Crippen molar-refractivity contribution in [2.75, 3.05) is 6.61 Å². The number of para-hydroxylation sites is 1. The van der Waals surface area contributed by atoms with Gasteiger partial charge in [0.25, 0.3) is 0 Å². The monoisotopic (exact) mass is 271 g/mol. The lowest BCUT2D eigenvalue weighted by molar-refractivity contribution is 0.297. The van der Waals surface area contributed by atoms with Crippen LogP contribution in [0, 0.1) is 12.3 Å². The van der Waals surface area contributed by atoms with Gasteiger partial charge < -0.3 is 15.6 Å². The van der Waals surface area contributed by atoms with Gasteiger partial charge in [-0.1, -0.05) is 18.2 Å². The molecule has 0 fully saturated rings. The molecule has 0 spiro atoms. The Kier molecular flexibility index (Phi) is 4.32. The Morgan fingerprint density at radius 2 is 2.05 bits per heavy atom. The Morgan fingerprint density at radius 1 is 1.30 bits per heavy atom. The topological polar surface area (TPSA) is 92.2 Å². The third-order valence-corrected chi connectivity index (χ3v) is 2.85. The number of aliphatic hydroxyl groups excluding tert-OH is 1. The number of aliphatic hydroxyl groups is 1. The number of aryl methyl sites for hydroxylation is 1. The molecule has 20 heavy (non-hydrogen) atoms. The maximum atomic E-state index is 9.07. The summed E-state index contributed by atoms with van der Waals surface area (Å²) in [4.78, 5) is 4.29. The molecule has 4 N–H and O–H groups in total. The van der Waals surface area contributed by atoms with Gasteiger partial charge >= 0.3 is 0 Å². The zero-order chi connectivity index (χ0) is 14.5. The Hall–Kier alpha value is -2.40. The molecule has 1 aromatic heterocycles. The van der Waals surface area contributed by atoms with Crippen LogP contribution in [-0.2, 0) is 6.42 Å². The lowest BCUT2D eigenvalue weighted by Crippen LogP contribution is -2.13. The molecule has 1 aromatic carbocycles. The van der Waals surface area contributed by atoms with Crippen LogP contribution in [0.4, 0.5) is 0 Å². The molecule has 0 saturated carbocycles. The summed E-state index contributed by atoms with van der Waals surface area (Å²) < 4.78 is 5.79. The number of nitrogens with one attached hydrogen (secondary N) is 1. The number of nitrogens with two attached hydrogens (primary N) is 1. The average Bonchev–Trinajstić information content (AvgIpc) is 2.41. The number of nitrogens with zero attached hydrogens (tertiary/aromatic N) is 1. The van der Waals surface area contributed by atoms with Crippen LogP contribution >= 0.6 is 0 Å². The summed E-state index contributed by atoms with van der Waals surface area (Å²) in [5.74, 6) is 0.831. The van der Waals surface area contributed by atoms with E-state index in [1.807, 2.05) is 25.1 Å². The van der Waals surface area contributed by atoms with Crippen molar-refractivity contribution in [3.05, 3.63) is 53.2 Å². The molecule has 0 unspecified atom stereocenters. The van der Waals surface area contributed by atoms with Crippen LogP contribution in [0.5, 0.6) is 11.6 Å². The Balaban J connectivity index is 2.39. The molecule has 2 aromatic rings. The van der Waals surface area contributed by atoms with Crippen molar-refractivity contribution >= 4 is 5.84 Å². The molecule has 0 amide bonds. The standard InChI is InChI=1S/C15H17N3O2/c1-10-6-7-12(14(16)17)15(18-10)20-13-5-3-2-4-11(13)8-9-19/h2-7,19H,8-9H2,1H3,(H3,16,17). The van der Waals surface area contributed by atoms with Crippen molar-refractivity contribution in [2.24, 2.45) is 5.73 Å². The maximum absolute atomic E-state index is 9.07. The minimum absolute atomic E-state index is 0.0428. The van der Waals surface area contributed by atoms with E-state index in [1.54, 1.807) is 18.2 Å². The molecule has 1 heterocycles. The lowest BCUT2D eigenvalue weighted by atomic mass is 10.1. The zero-order valence-corrected chi connectivity index (χ0v) is 11.3. The Bertz CT molecular complexity index is 626. The van der Waals surface area contributed by atoms with Gasteiger partial charge in [-0.15, -0.1) is 0 Å². The van der Waals surface area contributed by atoms with Crippen LogP contribution in [0.2, 0.25) is 0 Å². The number of pyridine rings is 1. The zero-order valence-electron chi connectivity index (χ0n) is 11.3. The van der Waals surface area contributed by atoms with Gasteiger partial charge in [0.15, 0.2) is 0 Å². The maximum Gasteiger partial charge on any atom is 0.230 e. The van der Waals surface area contributed by atoms with E-state index in [2.05, 4.69) is 4.98 Å². The number of amidine groups is 1. The summed E-state index contributed by atoms with van der Waals surface area (Å²) in [7, 11) is 0. The summed E-state index contributed by atoms with van der Waals surface area (Å²) in [6.45, 7) is 1.89. The summed E-state index contributed by atoms with van der Waals surface area (Å²) in [6, 6.07) is 10.9. The number of rotatable bonds is 5. The number of hydrogen-bond acceptors (Lipinski definition) is 4. The molecule has 0 saturated heterocycles. The highest BCUT2D eigenvalue weighted by Gasteiger charge is 2.12. The van der Waals surface area contributed by atoms with Gasteiger partial charge in [0.1, 0.15) is 11.6 Å². The van der Waals surface area contributed by atoms with E-state index in [-0.39, 0.29) is 12.4 Å². The van der Waals surface area contributed by atoms with E-state index in [9.17, 15) is 0 Å². The molecule has 0 atom stereocenters. The van der Waals surface area contributed by atoms with Crippen LogP contribution in [0.25, 0.3) is 0 Å². The predicted molar refractivity (Wildman–Crippen MR) is 77.3 cm³/mol. The highest BCUT2D eigenvalue weighted by molar-refractivity contribution is 5.97. The van der Waals surface area contributed by atoms with Crippen LogP contribution in [0.1, 0.15) is 16.8 Å². The van der Waals surface area contributed by atoms with Crippen molar-refractivity contribution < 1.29 is 9.84 Å². The second kappa shape index (κ2) is 6.16. The van der Waals surface area contributed by atoms with E-state index >= 15 is 0 Å². The summed E-state index contributed by atoms with van der Waals surface area (Å²) in [6.07, 6.45) is 0.497. The highest BCUT2D eigenvalue weighted by Crippen LogP contribution is 2.27. The Morgan fingerprint density at radius 3 is 2.75 bits per heavy atom. The van der Waals surface area contributed by atoms with Crippen molar-refractivity contribution in [2.45, 2.75) is 13.3 Å². The molecular weight excluding hydrogens is 254 g/mol. The van der Waals surface area contributed by atoms with Gasteiger partial charge in [-0.05, 0) is 37.1 Å². The van der Waals surface area contributed by atoms with E-state index < -0.39 is 0 Å². The predicted octanol–water partition coefficient (Wildman–Crippen LogP) is 2.00. The van der Waals surface area contributed by atoms with Gasteiger partial charge in [0.2, 0.25) is 5.88 Å². The fraction of sp³-hybridized carbons (Fsp3) is 0.200. The molecule has 2 rings (SSSR count). The molecule has 0 radical (unpaired) electrons. The van der Waals surface area contributed by atoms with Crippen molar-refractivity contribution in [1.29, 1.82) is 5.41 Å². The first-order valence-corrected chi connectivity index (χ1v) is 6.30. The van der Waals surface area contributed by atoms with Crippen molar-refractivity contribution in [1.82, 2.24) is 4.98 Å². The first-order valence-electron chi connectivity index (χ1n) is 6.30. The van der Waals surface area contributed by atoms with Crippen LogP contribution in [0.3, 0.4) is 0 Å². The van der Waals surface area contributed by atoms with E-state index in [0.29, 0.717) is 23.6 Å². The van der Waals surface area contributed by atoms with E-state index in [0.717, 1.165) is 11.3 Å². The van der Waals surface area contributed by atoms with Gasteiger partial charge in [-0.3, -0.25) is 5.41 Å². The van der Waals surface area contributed by atoms with Crippen LogP contribution in [0.15, 0.2) is 36.4 Å². The minimum atomic E-state index is -0.0906. The van der Waals surface area contributed by atoms with Gasteiger partial charge in [0, 0.05) is 12.3 Å². The van der Waals surface area contributed by atoms with E-state index in [1.165, 1.54) is 0 Å². The fourth-order valence-electron chi connectivity index (χ4n) is 1.85.